The number of methoxy groups -OCH3 is 1. The normalized spacial score (nSPS) is 21.9. The van der Waals surface area contributed by atoms with E-state index in [4.69, 9.17) is 0 Å². The number of alkyl halides is 1. The fourth-order valence-corrected chi connectivity index (χ4v) is 3.13. The number of para-hydroxylation sites is 1. The van der Waals surface area contributed by atoms with Gasteiger partial charge in [-0.15, -0.1) is 0 Å². The highest BCUT2D eigenvalue weighted by Gasteiger charge is 2.48. The van der Waals surface area contributed by atoms with E-state index in [1.54, 1.807) is 17.8 Å². The fraction of sp³-hybridized carbons (Fsp3) is 0.471. The minimum absolute atomic E-state index is 0.0250. The standard InChI is InChI=1S/C17H20FN3O3/c1-12(10-21-14-6-4-3-5-13(14)9-19-21)15(22)20-8-7-17(18,11-20)16(23)24-2/h3-6,9,12H,7-8,10-11H2,1-2H3/t12-,17-/m1/s1. The molecule has 0 unspecified atom stereocenters. The maximum atomic E-state index is 14.5. The third kappa shape index (κ3) is 2.86. The number of ether oxygens (including phenoxy) is 1. The van der Waals surface area contributed by atoms with Crippen molar-refractivity contribution in [1.82, 2.24) is 14.7 Å². The Labute approximate surface area is 139 Å². The van der Waals surface area contributed by atoms with Crippen LogP contribution in [0.2, 0.25) is 0 Å². The summed E-state index contributed by atoms with van der Waals surface area (Å²) in [5.41, 5.74) is -1.14. The van der Waals surface area contributed by atoms with E-state index in [2.05, 4.69) is 9.84 Å². The van der Waals surface area contributed by atoms with Crippen LogP contribution < -0.4 is 0 Å². The van der Waals surface area contributed by atoms with E-state index in [0.717, 1.165) is 18.0 Å². The van der Waals surface area contributed by atoms with Gasteiger partial charge in [-0.25, -0.2) is 9.18 Å². The molecule has 1 fully saturated rings. The summed E-state index contributed by atoms with van der Waals surface area (Å²) in [6.07, 6.45) is 1.73. The second kappa shape index (κ2) is 6.22. The van der Waals surface area contributed by atoms with E-state index in [0.29, 0.717) is 6.54 Å². The zero-order chi connectivity index (χ0) is 17.3. The number of esters is 1. The van der Waals surface area contributed by atoms with Gasteiger partial charge in [-0.3, -0.25) is 9.48 Å². The molecule has 0 radical (unpaired) electrons. The Morgan fingerprint density at radius 1 is 1.42 bits per heavy atom. The summed E-state index contributed by atoms with van der Waals surface area (Å²) in [4.78, 5) is 25.5. The molecule has 2 heterocycles. The van der Waals surface area contributed by atoms with E-state index in [1.165, 1.54) is 4.90 Å². The van der Waals surface area contributed by atoms with Crippen LogP contribution in [0.4, 0.5) is 4.39 Å². The summed E-state index contributed by atoms with van der Waals surface area (Å²) in [7, 11) is 1.15. The second-order valence-corrected chi connectivity index (χ2v) is 6.25. The first-order valence-electron chi connectivity index (χ1n) is 7.91. The molecule has 24 heavy (non-hydrogen) atoms. The summed E-state index contributed by atoms with van der Waals surface area (Å²) in [5.74, 6) is -1.46. The Morgan fingerprint density at radius 2 is 2.17 bits per heavy atom. The van der Waals surface area contributed by atoms with Gasteiger partial charge in [-0.05, 0) is 6.07 Å². The molecule has 3 rings (SSSR count). The van der Waals surface area contributed by atoms with Crippen molar-refractivity contribution in [3.8, 4) is 0 Å². The van der Waals surface area contributed by atoms with E-state index >= 15 is 0 Å². The lowest BCUT2D eigenvalue weighted by molar-refractivity contribution is -0.154. The zero-order valence-corrected chi connectivity index (χ0v) is 13.7. The van der Waals surface area contributed by atoms with Crippen LogP contribution in [0.5, 0.6) is 0 Å². The molecule has 0 bridgehead atoms. The third-order valence-corrected chi connectivity index (χ3v) is 4.50. The summed E-state index contributed by atoms with van der Waals surface area (Å²) >= 11 is 0. The van der Waals surface area contributed by atoms with Gasteiger partial charge in [0.1, 0.15) is 0 Å². The molecule has 0 aliphatic carbocycles. The van der Waals surface area contributed by atoms with Gasteiger partial charge in [0.2, 0.25) is 11.6 Å². The summed E-state index contributed by atoms with van der Waals surface area (Å²) in [5, 5.41) is 5.32. The molecule has 2 atom stereocenters. The van der Waals surface area contributed by atoms with Crippen molar-refractivity contribution in [2.24, 2.45) is 5.92 Å². The molecule has 1 aliphatic rings. The Hall–Kier alpha value is -2.44. The minimum atomic E-state index is -2.09. The quantitative estimate of drug-likeness (QED) is 0.800. The van der Waals surface area contributed by atoms with E-state index in [-0.39, 0.29) is 31.3 Å². The van der Waals surface area contributed by atoms with Crippen LogP contribution in [0.1, 0.15) is 13.3 Å². The molecule has 1 amide bonds. The predicted octanol–water partition coefficient (Wildman–Crippen LogP) is 1.79. The number of benzene rings is 1. The molecule has 7 heteroatoms. The number of carbonyl (C=O) groups excluding carboxylic acids is 2. The zero-order valence-electron chi connectivity index (χ0n) is 13.7. The van der Waals surface area contributed by atoms with E-state index < -0.39 is 11.6 Å². The molecular weight excluding hydrogens is 313 g/mol. The highest BCUT2D eigenvalue weighted by molar-refractivity contribution is 5.84. The summed E-state index contributed by atoms with van der Waals surface area (Å²) in [6.45, 7) is 2.16. The van der Waals surface area contributed by atoms with Crippen molar-refractivity contribution < 1.29 is 18.7 Å². The highest BCUT2D eigenvalue weighted by Crippen LogP contribution is 2.28. The number of amides is 1. The summed E-state index contributed by atoms with van der Waals surface area (Å²) < 4.78 is 20.7. The van der Waals surface area contributed by atoms with Crippen molar-refractivity contribution in [2.75, 3.05) is 20.2 Å². The van der Waals surface area contributed by atoms with Crippen LogP contribution in [0.3, 0.4) is 0 Å². The Bertz CT molecular complexity index is 775. The molecule has 1 aromatic carbocycles. The van der Waals surface area contributed by atoms with Crippen LogP contribution >= 0.6 is 0 Å². The first-order valence-corrected chi connectivity index (χ1v) is 7.91. The number of carbonyl (C=O) groups is 2. The largest absolute Gasteiger partial charge is 0.467 e. The average molecular weight is 333 g/mol. The first-order chi connectivity index (χ1) is 11.4. The van der Waals surface area contributed by atoms with Crippen molar-refractivity contribution in [3.63, 3.8) is 0 Å². The Kier molecular flexibility index (Phi) is 4.26. The van der Waals surface area contributed by atoms with Gasteiger partial charge in [0, 0.05) is 18.4 Å². The van der Waals surface area contributed by atoms with Crippen molar-refractivity contribution >= 4 is 22.8 Å². The van der Waals surface area contributed by atoms with Crippen LogP contribution in [0.25, 0.3) is 10.9 Å². The summed E-state index contributed by atoms with van der Waals surface area (Å²) in [6, 6.07) is 7.75. The maximum Gasteiger partial charge on any atom is 0.345 e. The van der Waals surface area contributed by atoms with Crippen LogP contribution in [-0.2, 0) is 20.9 Å². The predicted molar refractivity (Wildman–Crippen MR) is 85.9 cm³/mol. The second-order valence-electron chi connectivity index (χ2n) is 6.25. The van der Waals surface area contributed by atoms with Gasteiger partial charge in [0.25, 0.3) is 0 Å². The lowest BCUT2D eigenvalue weighted by Crippen LogP contribution is -2.41. The van der Waals surface area contributed by atoms with Gasteiger partial charge in [0.05, 0.1) is 37.8 Å². The lowest BCUT2D eigenvalue weighted by Gasteiger charge is -2.22. The fourth-order valence-electron chi connectivity index (χ4n) is 3.13. The molecule has 1 saturated heterocycles. The van der Waals surface area contributed by atoms with Crippen molar-refractivity contribution in [2.45, 2.75) is 25.6 Å². The number of nitrogens with zero attached hydrogens (tertiary/aromatic N) is 3. The van der Waals surface area contributed by atoms with Crippen LogP contribution in [0.15, 0.2) is 30.5 Å². The van der Waals surface area contributed by atoms with E-state index in [9.17, 15) is 14.0 Å². The topological polar surface area (TPSA) is 64.4 Å². The highest BCUT2D eigenvalue weighted by atomic mass is 19.1. The Balaban J connectivity index is 1.68. The van der Waals surface area contributed by atoms with Crippen molar-refractivity contribution in [1.29, 1.82) is 0 Å². The molecule has 128 valence electrons. The van der Waals surface area contributed by atoms with Gasteiger partial charge in [-0.1, -0.05) is 25.1 Å². The SMILES string of the molecule is COC(=O)[C@@]1(F)CCN(C(=O)[C@H](C)Cn2ncc3ccccc32)C1. The van der Waals surface area contributed by atoms with Crippen LogP contribution in [0, 0.1) is 5.92 Å². The number of aromatic nitrogens is 2. The van der Waals surface area contributed by atoms with Gasteiger partial charge >= 0.3 is 5.97 Å². The smallest absolute Gasteiger partial charge is 0.345 e. The number of halogens is 1. The van der Waals surface area contributed by atoms with Gasteiger partial charge in [-0.2, -0.15) is 5.10 Å². The third-order valence-electron chi connectivity index (χ3n) is 4.50. The average Bonchev–Trinajstić information content (AvgIpc) is 3.18. The maximum absolute atomic E-state index is 14.5. The molecule has 0 spiro atoms. The number of likely N-dealkylation sites (tertiary alicyclic amines) is 1. The number of fused-ring (bicyclic) bond motifs is 1. The molecular formula is C17H20FN3O3. The van der Waals surface area contributed by atoms with E-state index in [1.807, 2.05) is 24.3 Å². The monoisotopic (exact) mass is 333 g/mol. The number of rotatable bonds is 4. The number of hydrogen-bond donors (Lipinski definition) is 0. The number of hydrogen-bond acceptors (Lipinski definition) is 4. The van der Waals surface area contributed by atoms with Gasteiger partial charge < -0.3 is 9.64 Å². The molecule has 1 aliphatic heterocycles. The van der Waals surface area contributed by atoms with Crippen LogP contribution in [-0.4, -0.2) is 52.4 Å². The first kappa shape index (κ1) is 16.4. The molecule has 6 nitrogen and oxygen atoms in total. The molecule has 1 aromatic heterocycles. The van der Waals surface area contributed by atoms with Crippen molar-refractivity contribution in [3.05, 3.63) is 30.5 Å². The molecule has 2 aromatic rings. The molecule has 0 saturated carbocycles. The Morgan fingerprint density at radius 3 is 2.92 bits per heavy atom. The lowest BCUT2D eigenvalue weighted by atomic mass is 10.1. The van der Waals surface area contributed by atoms with Gasteiger partial charge in [0.15, 0.2) is 0 Å². The molecule has 0 N–H and O–H groups in total. The minimum Gasteiger partial charge on any atom is -0.467 e.